The fourth-order valence-electron chi connectivity index (χ4n) is 3.39. The van der Waals surface area contributed by atoms with Crippen molar-refractivity contribution < 1.29 is 14.3 Å². The highest BCUT2D eigenvalue weighted by molar-refractivity contribution is 7.10. The van der Waals surface area contributed by atoms with Crippen molar-refractivity contribution in [3.63, 3.8) is 0 Å². The zero-order valence-electron chi connectivity index (χ0n) is 16.8. The molecule has 0 aliphatic carbocycles. The quantitative estimate of drug-likeness (QED) is 0.381. The van der Waals surface area contributed by atoms with E-state index < -0.39 is 6.04 Å². The first-order valence-electron chi connectivity index (χ1n) is 9.76. The molecule has 3 rings (SSSR count). The first kappa shape index (κ1) is 22.1. The van der Waals surface area contributed by atoms with Gasteiger partial charge in [0.25, 0.3) is 0 Å². The number of amides is 1. The zero-order valence-corrected chi connectivity index (χ0v) is 18.4. The minimum atomic E-state index is -0.709. The Balaban J connectivity index is 1.87. The summed E-state index contributed by atoms with van der Waals surface area (Å²) in [5.74, 6) is 0.0758. The van der Waals surface area contributed by atoms with Crippen molar-refractivity contribution in [3.8, 4) is 5.75 Å². The molecule has 1 heterocycles. The second kappa shape index (κ2) is 11.0. The van der Waals surface area contributed by atoms with Gasteiger partial charge in [-0.2, -0.15) is 0 Å². The standard InChI is InChI=1S/C24H24ClNO3S/c1-29-20-12-6-11-19(16-20)26(23(28)17-25)24(22-14-7-15-30-22)21(27)13-5-10-18-8-3-2-4-9-18/h2-4,6-9,11-12,14-16,24H,5,10,13,17H2,1H3. The Labute approximate surface area is 186 Å². The molecule has 1 atom stereocenters. The monoisotopic (exact) mass is 441 g/mol. The lowest BCUT2D eigenvalue weighted by atomic mass is 10.00. The molecule has 4 nitrogen and oxygen atoms in total. The molecular formula is C24H24ClNO3S. The van der Waals surface area contributed by atoms with E-state index in [0.717, 1.165) is 11.3 Å². The number of hydrogen-bond acceptors (Lipinski definition) is 4. The first-order chi connectivity index (χ1) is 14.6. The maximum absolute atomic E-state index is 13.4. The lowest BCUT2D eigenvalue weighted by molar-refractivity contribution is -0.124. The Morgan fingerprint density at radius 2 is 1.87 bits per heavy atom. The van der Waals surface area contributed by atoms with Gasteiger partial charge in [-0.3, -0.25) is 14.5 Å². The van der Waals surface area contributed by atoms with E-state index in [1.807, 2.05) is 35.7 Å². The van der Waals surface area contributed by atoms with E-state index in [9.17, 15) is 9.59 Å². The van der Waals surface area contributed by atoms with E-state index in [1.165, 1.54) is 21.8 Å². The molecule has 1 unspecified atom stereocenters. The van der Waals surface area contributed by atoms with Crippen LogP contribution in [-0.4, -0.2) is 24.7 Å². The van der Waals surface area contributed by atoms with Gasteiger partial charge in [-0.05, 0) is 42.0 Å². The summed E-state index contributed by atoms with van der Waals surface area (Å²) in [4.78, 5) is 28.5. The summed E-state index contributed by atoms with van der Waals surface area (Å²) in [5, 5.41) is 1.91. The van der Waals surface area contributed by atoms with Crippen molar-refractivity contribution in [1.29, 1.82) is 0 Å². The summed E-state index contributed by atoms with van der Waals surface area (Å²) >= 11 is 7.40. The number of thiophene rings is 1. The van der Waals surface area contributed by atoms with Crippen LogP contribution in [0.2, 0.25) is 0 Å². The molecule has 0 saturated carbocycles. The van der Waals surface area contributed by atoms with Crippen LogP contribution in [0.5, 0.6) is 5.75 Å². The summed E-state index contributed by atoms with van der Waals surface area (Å²) in [7, 11) is 1.57. The van der Waals surface area contributed by atoms with E-state index in [1.54, 1.807) is 31.4 Å². The fourth-order valence-corrected chi connectivity index (χ4v) is 4.35. The van der Waals surface area contributed by atoms with Crippen molar-refractivity contribution in [1.82, 2.24) is 0 Å². The van der Waals surface area contributed by atoms with Crippen molar-refractivity contribution >= 4 is 40.3 Å². The predicted molar refractivity (Wildman–Crippen MR) is 123 cm³/mol. The Morgan fingerprint density at radius 3 is 2.53 bits per heavy atom. The lowest BCUT2D eigenvalue weighted by Gasteiger charge is -2.30. The third-order valence-corrected chi connectivity index (χ3v) is 5.98. The zero-order chi connectivity index (χ0) is 21.3. The van der Waals surface area contributed by atoms with E-state index in [-0.39, 0.29) is 17.6 Å². The molecule has 0 spiro atoms. The van der Waals surface area contributed by atoms with E-state index in [2.05, 4.69) is 12.1 Å². The van der Waals surface area contributed by atoms with Crippen molar-refractivity contribution in [2.75, 3.05) is 17.9 Å². The molecule has 0 saturated heterocycles. The SMILES string of the molecule is COc1cccc(N(C(=O)CCl)C(C(=O)CCCc2ccccc2)c2cccs2)c1. The van der Waals surface area contributed by atoms with Crippen molar-refractivity contribution in [2.45, 2.75) is 25.3 Å². The number of rotatable bonds is 10. The largest absolute Gasteiger partial charge is 0.497 e. The number of methoxy groups -OCH3 is 1. The van der Waals surface area contributed by atoms with E-state index >= 15 is 0 Å². The van der Waals surface area contributed by atoms with Gasteiger partial charge >= 0.3 is 0 Å². The van der Waals surface area contributed by atoms with Gasteiger partial charge in [0.1, 0.15) is 17.7 Å². The van der Waals surface area contributed by atoms with Crippen LogP contribution < -0.4 is 9.64 Å². The third kappa shape index (κ3) is 5.49. The average Bonchev–Trinajstić information content (AvgIpc) is 3.31. The number of ketones is 1. The van der Waals surface area contributed by atoms with Gasteiger partial charge in [-0.15, -0.1) is 22.9 Å². The van der Waals surface area contributed by atoms with Gasteiger partial charge in [-0.1, -0.05) is 42.5 Å². The molecule has 1 aromatic heterocycles. The third-order valence-electron chi connectivity index (χ3n) is 4.82. The summed E-state index contributed by atoms with van der Waals surface area (Å²) in [6, 6.07) is 20.3. The Bertz CT molecular complexity index is 960. The summed E-state index contributed by atoms with van der Waals surface area (Å²) in [6.07, 6.45) is 1.89. The molecule has 6 heteroatoms. The van der Waals surface area contributed by atoms with Crippen LogP contribution in [0.4, 0.5) is 5.69 Å². The molecular weight excluding hydrogens is 418 g/mol. The van der Waals surface area contributed by atoms with Crippen LogP contribution >= 0.6 is 22.9 Å². The highest BCUT2D eigenvalue weighted by Crippen LogP contribution is 2.34. The average molecular weight is 442 g/mol. The lowest BCUT2D eigenvalue weighted by Crippen LogP contribution is -2.39. The van der Waals surface area contributed by atoms with E-state index in [0.29, 0.717) is 24.3 Å². The Hall–Kier alpha value is -2.63. The van der Waals surface area contributed by atoms with Gasteiger partial charge in [0.05, 0.1) is 7.11 Å². The molecule has 156 valence electrons. The normalized spacial score (nSPS) is 11.7. The number of carbonyl (C=O) groups is 2. The van der Waals surface area contributed by atoms with Gasteiger partial charge in [0.2, 0.25) is 5.91 Å². The second-order valence-corrected chi connectivity index (χ2v) is 8.07. The van der Waals surface area contributed by atoms with Crippen molar-refractivity contribution in [3.05, 3.63) is 82.6 Å². The summed E-state index contributed by atoms with van der Waals surface area (Å²) < 4.78 is 5.31. The fraction of sp³-hybridized carbons (Fsp3) is 0.250. The van der Waals surface area contributed by atoms with Crippen molar-refractivity contribution in [2.24, 2.45) is 0 Å². The number of anilines is 1. The van der Waals surface area contributed by atoms with Gasteiger partial charge in [0, 0.05) is 23.1 Å². The smallest absolute Gasteiger partial charge is 0.242 e. The number of nitrogens with zero attached hydrogens (tertiary/aromatic N) is 1. The Kier molecular flexibility index (Phi) is 8.05. The molecule has 0 radical (unpaired) electrons. The van der Waals surface area contributed by atoms with Crippen LogP contribution in [0.15, 0.2) is 72.1 Å². The van der Waals surface area contributed by atoms with Gasteiger partial charge < -0.3 is 4.74 Å². The molecule has 2 aromatic carbocycles. The number of hydrogen-bond donors (Lipinski definition) is 0. The molecule has 0 aliphatic heterocycles. The Morgan fingerprint density at radius 1 is 1.07 bits per heavy atom. The number of alkyl halides is 1. The van der Waals surface area contributed by atoms with Gasteiger partial charge in [-0.25, -0.2) is 0 Å². The topological polar surface area (TPSA) is 46.6 Å². The molecule has 1 amide bonds. The maximum atomic E-state index is 13.4. The highest BCUT2D eigenvalue weighted by atomic mass is 35.5. The minimum absolute atomic E-state index is 0.00494. The number of benzene rings is 2. The molecule has 0 N–H and O–H groups in total. The van der Waals surface area contributed by atoms with Crippen LogP contribution in [-0.2, 0) is 16.0 Å². The number of carbonyl (C=O) groups excluding carboxylic acids is 2. The number of ether oxygens (including phenoxy) is 1. The number of aryl methyl sites for hydroxylation is 1. The molecule has 0 aliphatic rings. The molecule has 30 heavy (non-hydrogen) atoms. The molecule has 3 aromatic rings. The summed E-state index contributed by atoms with van der Waals surface area (Å²) in [5.41, 5.74) is 1.79. The number of Topliss-reactive ketones (excluding diaryl/α,β-unsaturated/α-hetero) is 1. The predicted octanol–water partition coefficient (Wildman–Crippen LogP) is 5.66. The molecule has 0 bridgehead atoms. The van der Waals surface area contributed by atoms with Crippen LogP contribution in [0, 0.1) is 0 Å². The minimum Gasteiger partial charge on any atom is -0.497 e. The number of halogens is 1. The second-order valence-electron chi connectivity index (χ2n) is 6.82. The molecule has 0 fully saturated rings. The van der Waals surface area contributed by atoms with E-state index in [4.69, 9.17) is 16.3 Å². The first-order valence-corrected chi connectivity index (χ1v) is 11.2. The van der Waals surface area contributed by atoms with Crippen LogP contribution in [0.1, 0.15) is 29.3 Å². The van der Waals surface area contributed by atoms with Crippen LogP contribution in [0.25, 0.3) is 0 Å². The maximum Gasteiger partial charge on any atom is 0.242 e. The van der Waals surface area contributed by atoms with Crippen LogP contribution in [0.3, 0.4) is 0 Å². The summed E-state index contributed by atoms with van der Waals surface area (Å²) in [6.45, 7) is 0. The highest BCUT2D eigenvalue weighted by Gasteiger charge is 2.32. The van der Waals surface area contributed by atoms with Gasteiger partial charge in [0.15, 0.2) is 5.78 Å².